The van der Waals surface area contributed by atoms with Crippen molar-refractivity contribution >= 4 is 37.6 Å². The van der Waals surface area contributed by atoms with Crippen LogP contribution in [0.2, 0.25) is 0 Å². The molecule has 1 N–H and O–H groups in total. The molecule has 0 aromatic heterocycles. The Kier molecular flexibility index (Phi) is 11.1. The van der Waals surface area contributed by atoms with Gasteiger partial charge in [0.1, 0.15) is 49.4 Å². The predicted octanol–water partition coefficient (Wildman–Crippen LogP) is 9.62. The van der Waals surface area contributed by atoms with Crippen molar-refractivity contribution in [2.24, 2.45) is 21.7 Å². The van der Waals surface area contributed by atoms with E-state index in [4.69, 9.17) is 28.4 Å². The molecule has 2 aliphatic heterocycles. The molecule has 2 unspecified atom stereocenters. The topological polar surface area (TPSA) is 75.6 Å². The molecular formula is C36H52Br2O7. The normalized spacial score (nSPS) is 22.4. The number of rotatable bonds is 6. The summed E-state index contributed by atoms with van der Waals surface area (Å²) in [4.78, 5) is 0. The van der Waals surface area contributed by atoms with Crippen LogP contribution in [0.15, 0.2) is 38.8 Å². The van der Waals surface area contributed by atoms with Gasteiger partial charge in [0.15, 0.2) is 0 Å². The summed E-state index contributed by atoms with van der Waals surface area (Å²) in [5.74, 6) is 3.74. The fourth-order valence-corrected chi connectivity index (χ4v) is 8.06. The minimum atomic E-state index is -1.02. The van der Waals surface area contributed by atoms with Gasteiger partial charge in [-0.2, -0.15) is 0 Å². The molecule has 2 heterocycles. The first-order valence-electron chi connectivity index (χ1n) is 15.2. The highest BCUT2D eigenvalue weighted by Crippen LogP contribution is 2.58. The molecule has 1 saturated heterocycles. The Morgan fingerprint density at radius 3 is 1.53 bits per heavy atom. The Bertz CT molecular complexity index is 1370. The zero-order chi connectivity index (χ0) is 34.3. The predicted molar refractivity (Wildman–Crippen MR) is 187 cm³/mol. The van der Waals surface area contributed by atoms with Gasteiger partial charge in [0.2, 0.25) is 0 Å². The zero-order valence-electron chi connectivity index (χ0n) is 29.5. The van der Waals surface area contributed by atoms with Crippen molar-refractivity contribution in [1.82, 2.24) is 0 Å². The van der Waals surface area contributed by atoms with Crippen molar-refractivity contribution in [1.29, 1.82) is 0 Å². The number of ether oxygens (including phenoxy) is 6. The van der Waals surface area contributed by atoms with Gasteiger partial charge in [-0.05, 0) is 78.1 Å². The summed E-state index contributed by atoms with van der Waals surface area (Å²) in [6.45, 7) is 22.6. The van der Waals surface area contributed by atoms with E-state index in [9.17, 15) is 5.11 Å². The minimum Gasteiger partial charge on any atom is -0.495 e. The molecule has 1 fully saturated rings. The number of methoxy groups -OCH3 is 4. The summed E-state index contributed by atoms with van der Waals surface area (Å²) in [6.07, 6.45) is -0.451. The summed E-state index contributed by atoms with van der Waals surface area (Å²) >= 11 is 7.00. The third kappa shape index (κ3) is 7.02. The van der Waals surface area contributed by atoms with E-state index in [0.717, 1.165) is 37.3 Å². The maximum Gasteiger partial charge on any atom is 0.137 e. The molecule has 252 valence electrons. The Balaban J connectivity index is 0.000000246. The van der Waals surface area contributed by atoms with Crippen molar-refractivity contribution in [3.63, 3.8) is 0 Å². The second kappa shape index (κ2) is 13.3. The molecular weight excluding hydrogens is 704 g/mol. The highest BCUT2D eigenvalue weighted by atomic mass is 79.9. The number of aliphatic hydroxyl groups is 1. The third-order valence-corrected chi connectivity index (χ3v) is 10.4. The molecule has 0 spiro atoms. The maximum atomic E-state index is 11.6. The van der Waals surface area contributed by atoms with Crippen molar-refractivity contribution in [2.75, 3.05) is 41.7 Å². The van der Waals surface area contributed by atoms with Crippen LogP contribution in [0.3, 0.4) is 0 Å². The Morgan fingerprint density at radius 1 is 0.733 bits per heavy atom. The maximum absolute atomic E-state index is 11.6. The third-order valence-electron chi connectivity index (χ3n) is 8.88. The van der Waals surface area contributed by atoms with Gasteiger partial charge in [-0.15, -0.1) is 0 Å². The Labute approximate surface area is 287 Å². The van der Waals surface area contributed by atoms with E-state index < -0.39 is 11.7 Å². The summed E-state index contributed by atoms with van der Waals surface area (Å²) in [5.41, 5.74) is 1.46. The van der Waals surface area contributed by atoms with Gasteiger partial charge in [0, 0.05) is 16.4 Å². The van der Waals surface area contributed by atoms with Crippen LogP contribution >= 0.6 is 31.9 Å². The molecule has 0 saturated carbocycles. The largest absolute Gasteiger partial charge is 0.495 e. The molecule has 2 aliphatic rings. The second-order valence-electron chi connectivity index (χ2n) is 15.2. The van der Waals surface area contributed by atoms with Crippen LogP contribution in [0, 0.1) is 21.7 Å². The molecule has 7 nitrogen and oxygen atoms in total. The van der Waals surface area contributed by atoms with Crippen LogP contribution in [0.1, 0.15) is 86.5 Å². The van der Waals surface area contributed by atoms with E-state index in [1.807, 2.05) is 58.9 Å². The van der Waals surface area contributed by atoms with Crippen LogP contribution in [-0.2, 0) is 9.47 Å². The van der Waals surface area contributed by atoms with Gasteiger partial charge in [-0.3, -0.25) is 0 Å². The van der Waals surface area contributed by atoms with Crippen molar-refractivity contribution in [3.8, 4) is 23.0 Å². The van der Waals surface area contributed by atoms with E-state index in [2.05, 4.69) is 66.5 Å². The SMILES string of the molecule is COc1cc(C2=C(C(C)(C)C)C(C)(C)CO2)cc(OC)c1Br.COc1cc(C2OCC(C)(C)C2(O)C(C)(C)C)cc(OC)c1Br. The van der Waals surface area contributed by atoms with E-state index in [1.54, 1.807) is 28.4 Å². The summed E-state index contributed by atoms with van der Waals surface area (Å²) in [7, 11) is 6.53. The fraction of sp³-hybridized carbons (Fsp3) is 0.611. The molecule has 9 heteroatoms. The number of halogens is 2. The van der Waals surface area contributed by atoms with Gasteiger partial charge in [-0.1, -0.05) is 69.2 Å². The molecule has 4 rings (SSSR count). The van der Waals surface area contributed by atoms with E-state index in [1.165, 1.54) is 5.57 Å². The molecule has 2 aromatic rings. The average Bonchev–Trinajstić information content (AvgIpc) is 3.41. The van der Waals surface area contributed by atoms with E-state index in [-0.39, 0.29) is 21.7 Å². The van der Waals surface area contributed by atoms with Crippen LogP contribution in [0.4, 0.5) is 0 Å². The minimum absolute atomic E-state index is 0.0150. The number of hydrogen-bond acceptors (Lipinski definition) is 7. The molecule has 0 amide bonds. The van der Waals surface area contributed by atoms with Crippen molar-refractivity contribution in [2.45, 2.75) is 80.9 Å². The Morgan fingerprint density at radius 2 is 1.16 bits per heavy atom. The van der Waals surface area contributed by atoms with Crippen LogP contribution in [-0.4, -0.2) is 52.4 Å². The Hall–Kier alpha value is -1.94. The molecule has 0 bridgehead atoms. The lowest BCUT2D eigenvalue weighted by atomic mass is 9.60. The fourth-order valence-electron chi connectivity index (χ4n) is 6.95. The van der Waals surface area contributed by atoms with Gasteiger partial charge in [0.25, 0.3) is 0 Å². The quantitative estimate of drug-likeness (QED) is 0.315. The summed E-state index contributed by atoms with van der Waals surface area (Å²) in [5, 5.41) is 11.6. The first-order chi connectivity index (χ1) is 20.6. The molecule has 0 aliphatic carbocycles. The first kappa shape index (κ1) is 37.5. The summed E-state index contributed by atoms with van der Waals surface area (Å²) < 4.78 is 35.5. The summed E-state index contributed by atoms with van der Waals surface area (Å²) in [6, 6.07) is 7.79. The van der Waals surface area contributed by atoms with Crippen LogP contribution in [0.25, 0.3) is 5.76 Å². The smallest absolute Gasteiger partial charge is 0.137 e. The van der Waals surface area contributed by atoms with Gasteiger partial charge in [-0.25, -0.2) is 0 Å². The molecule has 45 heavy (non-hydrogen) atoms. The lowest BCUT2D eigenvalue weighted by molar-refractivity contribution is -0.149. The number of hydrogen-bond donors (Lipinski definition) is 1. The van der Waals surface area contributed by atoms with Gasteiger partial charge >= 0.3 is 0 Å². The van der Waals surface area contributed by atoms with Crippen molar-refractivity contribution < 1.29 is 33.5 Å². The highest BCUT2D eigenvalue weighted by Gasteiger charge is 2.62. The molecule has 2 atom stereocenters. The molecule has 2 aromatic carbocycles. The monoisotopic (exact) mass is 754 g/mol. The first-order valence-corrected chi connectivity index (χ1v) is 16.7. The van der Waals surface area contributed by atoms with Crippen LogP contribution in [0.5, 0.6) is 23.0 Å². The lowest BCUT2D eigenvalue weighted by Crippen LogP contribution is -2.54. The molecule has 0 radical (unpaired) electrons. The average molecular weight is 757 g/mol. The second-order valence-corrected chi connectivity index (χ2v) is 16.7. The lowest BCUT2D eigenvalue weighted by Gasteiger charge is -2.48. The van der Waals surface area contributed by atoms with Gasteiger partial charge < -0.3 is 33.5 Å². The van der Waals surface area contributed by atoms with Gasteiger partial charge in [0.05, 0.1) is 41.7 Å². The van der Waals surface area contributed by atoms with Crippen molar-refractivity contribution in [3.05, 3.63) is 49.9 Å². The standard InChI is InChI=1S/C18H27BrO4.C18H25BrO3/c1-16(2,3)18(20)15(23-10-17(18,4)5)11-8-12(21-6)14(19)13(9-11)22-7;1-17(2,3)16-15(22-10-18(16,4)5)11-8-12(20-6)14(19)13(9-11)21-7/h8-9,15,20H,10H2,1-7H3;8-9H,10H2,1-7H3. The van der Waals surface area contributed by atoms with E-state index >= 15 is 0 Å². The van der Waals surface area contributed by atoms with E-state index in [0.29, 0.717) is 24.7 Å². The highest BCUT2D eigenvalue weighted by molar-refractivity contribution is 9.11. The van der Waals surface area contributed by atoms with Crippen LogP contribution < -0.4 is 18.9 Å². The zero-order valence-corrected chi connectivity index (χ0v) is 32.6. The number of benzene rings is 2.